The van der Waals surface area contributed by atoms with Crippen molar-refractivity contribution in [2.24, 2.45) is 5.73 Å². The molecule has 0 aromatic carbocycles. The molecule has 0 spiro atoms. The van der Waals surface area contributed by atoms with Gasteiger partial charge in [-0.15, -0.1) is 24.8 Å². The molecule has 3 heterocycles. The Kier molecular flexibility index (Phi) is 8.84. The van der Waals surface area contributed by atoms with Crippen LogP contribution in [0.4, 0.5) is 5.82 Å². The minimum Gasteiger partial charge on any atom is -0.467 e. The zero-order valence-electron chi connectivity index (χ0n) is 14.7. The number of furan rings is 1. The number of anilines is 1. The number of halogens is 2. The van der Waals surface area contributed by atoms with E-state index in [9.17, 15) is 4.79 Å². The number of aryl methyl sites for hydroxylation is 1. The summed E-state index contributed by atoms with van der Waals surface area (Å²) in [5.41, 5.74) is 7.07. The normalized spacial score (nSPS) is 14.3. The zero-order chi connectivity index (χ0) is 16.9. The number of hydrogen-bond acceptors (Lipinski definition) is 6. The summed E-state index contributed by atoms with van der Waals surface area (Å²) in [6, 6.07) is 3.90. The van der Waals surface area contributed by atoms with Gasteiger partial charge in [0.2, 0.25) is 0 Å². The van der Waals surface area contributed by atoms with E-state index in [2.05, 4.69) is 27.1 Å². The van der Waals surface area contributed by atoms with Crippen LogP contribution >= 0.6 is 24.8 Å². The highest BCUT2D eigenvalue weighted by Crippen LogP contribution is 2.19. The maximum Gasteiger partial charge on any atom is 0.254 e. The topological polar surface area (TPSA) is 97.3 Å². The van der Waals surface area contributed by atoms with Crippen molar-refractivity contribution in [1.29, 1.82) is 0 Å². The second-order valence-corrected chi connectivity index (χ2v) is 5.96. The highest BCUT2D eigenvalue weighted by atomic mass is 35.5. The molecule has 0 radical (unpaired) electrons. The molecular formula is C17H25Cl2N5O2. The molecule has 1 aliphatic heterocycles. The van der Waals surface area contributed by atoms with E-state index in [4.69, 9.17) is 10.2 Å². The van der Waals surface area contributed by atoms with Gasteiger partial charge in [-0.05, 0) is 25.3 Å². The number of nitrogens with two attached hydrogens (primary N) is 1. The molecule has 9 heteroatoms. The number of rotatable bonds is 5. The van der Waals surface area contributed by atoms with Gasteiger partial charge < -0.3 is 20.4 Å². The molecule has 0 saturated carbocycles. The third-order valence-electron chi connectivity index (χ3n) is 4.34. The summed E-state index contributed by atoms with van der Waals surface area (Å²) in [5.74, 6) is 1.48. The van der Waals surface area contributed by atoms with Gasteiger partial charge in [0.25, 0.3) is 5.91 Å². The number of amides is 1. The molecule has 3 N–H and O–H groups in total. The van der Waals surface area contributed by atoms with Crippen LogP contribution in [0.15, 0.2) is 29.1 Å². The first kappa shape index (κ1) is 22.2. The number of hydrogen-bond donors (Lipinski definition) is 2. The van der Waals surface area contributed by atoms with E-state index < -0.39 is 0 Å². The number of nitrogens with one attached hydrogen (secondary N) is 1. The first-order valence-electron chi connectivity index (χ1n) is 8.33. The minimum absolute atomic E-state index is 0. The maximum atomic E-state index is 12.2. The van der Waals surface area contributed by atoms with Gasteiger partial charge in [-0.25, -0.2) is 9.97 Å². The molecule has 144 valence electrons. The van der Waals surface area contributed by atoms with E-state index in [1.807, 2.05) is 6.07 Å². The minimum atomic E-state index is -0.104. The number of nitrogens with zero attached hydrogens (tertiary/aromatic N) is 3. The predicted molar refractivity (Wildman–Crippen MR) is 105 cm³/mol. The Balaban J connectivity index is 0.00000169. The summed E-state index contributed by atoms with van der Waals surface area (Å²) in [4.78, 5) is 23.1. The van der Waals surface area contributed by atoms with Crippen LogP contribution in [0.25, 0.3) is 0 Å². The lowest BCUT2D eigenvalue weighted by Gasteiger charge is -2.33. The van der Waals surface area contributed by atoms with E-state index in [1.54, 1.807) is 12.4 Å². The lowest BCUT2D eigenvalue weighted by Crippen LogP contribution is -2.44. The molecule has 1 fully saturated rings. The third-order valence-corrected chi connectivity index (χ3v) is 4.34. The Labute approximate surface area is 165 Å². The molecule has 1 saturated heterocycles. The molecular weight excluding hydrogens is 377 g/mol. The Morgan fingerprint density at radius 3 is 2.65 bits per heavy atom. The van der Waals surface area contributed by atoms with Crippen LogP contribution in [0.5, 0.6) is 0 Å². The fraction of sp³-hybridized carbons (Fsp3) is 0.471. The van der Waals surface area contributed by atoms with Crippen LogP contribution in [0.1, 0.15) is 41.6 Å². The SMILES string of the molecule is CCc1cc(N2CCC(NC(=O)c3coc(CN)c3)CC2)ncn1.Cl.Cl. The van der Waals surface area contributed by atoms with E-state index in [0.29, 0.717) is 17.9 Å². The van der Waals surface area contributed by atoms with Gasteiger partial charge in [-0.3, -0.25) is 4.79 Å². The monoisotopic (exact) mass is 401 g/mol. The summed E-state index contributed by atoms with van der Waals surface area (Å²) >= 11 is 0. The molecule has 2 aromatic heterocycles. The molecule has 0 aliphatic carbocycles. The summed E-state index contributed by atoms with van der Waals surface area (Å²) in [5, 5.41) is 3.07. The molecule has 0 atom stereocenters. The van der Waals surface area contributed by atoms with Crippen LogP contribution in [0.3, 0.4) is 0 Å². The predicted octanol–water partition coefficient (Wildman–Crippen LogP) is 2.33. The van der Waals surface area contributed by atoms with E-state index >= 15 is 0 Å². The Hall–Kier alpha value is -1.83. The van der Waals surface area contributed by atoms with Gasteiger partial charge in [0.15, 0.2) is 0 Å². The van der Waals surface area contributed by atoms with Crippen LogP contribution in [-0.2, 0) is 13.0 Å². The van der Waals surface area contributed by atoms with Crippen molar-refractivity contribution in [2.45, 2.75) is 38.8 Å². The fourth-order valence-electron chi connectivity index (χ4n) is 2.88. The van der Waals surface area contributed by atoms with Crippen molar-refractivity contribution in [3.63, 3.8) is 0 Å². The second kappa shape index (κ2) is 10.4. The standard InChI is InChI=1S/C17H23N5O2.2ClH/c1-2-13-8-16(20-11-19-13)22-5-3-14(4-6-22)21-17(23)12-7-15(9-18)24-10-12;;/h7-8,10-11,14H,2-6,9,18H2,1H3,(H,21,23);2*1H. The zero-order valence-corrected chi connectivity index (χ0v) is 16.3. The third kappa shape index (κ3) is 5.33. The number of carbonyl (C=O) groups is 1. The van der Waals surface area contributed by atoms with Gasteiger partial charge in [-0.2, -0.15) is 0 Å². The van der Waals surface area contributed by atoms with Crippen molar-refractivity contribution in [3.05, 3.63) is 41.7 Å². The molecule has 0 bridgehead atoms. The Morgan fingerprint density at radius 1 is 1.31 bits per heavy atom. The lowest BCUT2D eigenvalue weighted by atomic mass is 10.0. The second-order valence-electron chi connectivity index (χ2n) is 5.96. The van der Waals surface area contributed by atoms with Crippen molar-refractivity contribution in [3.8, 4) is 0 Å². The van der Waals surface area contributed by atoms with Crippen molar-refractivity contribution in [1.82, 2.24) is 15.3 Å². The van der Waals surface area contributed by atoms with Crippen LogP contribution in [0.2, 0.25) is 0 Å². The van der Waals surface area contributed by atoms with Gasteiger partial charge in [0.05, 0.1) is 12.1 Å². The fourth-order valence-corrected chi connectivity index (χ4v) is 2.88. The molecule has 1 aliphatic rings. The Morgan fingerprint density at radius 2 is 2.04 bits per heavy atom. The van der Waals surface area contributed by atoms with E-state index in [-0.39, 0.29) is 36.8 Å². The first-order valence-corrected chi connectivity index (χ1v) is 8.33. The summed E-state index contributed by atoms with van der Waals surface area (Å²) in [6.45, 7) is 4.11. The van der Waals surface area contributed by atoms with Gasteiger partial charge in [0, 0.05) is 30.9 Å². The summed E-state index contributed by atoms with van der Waals surface area (Å²) in [7, 11) is 0. The number of carbonyl (C=O) groups excluding carboxylic acids is 1. The highest BCUT2D eigenvalue weighted by molar-refractivity contribution is 5.94. The van der Waals surface area contributed by atoms with Gasteiger partial charge >= 0.3 is 0 Å². The van der Waals surface area contributed by atoms with Crippen LogP contribution < -0.4 is 16.0 Å². The summed E-state index contributed by atoms with van der Waals surface area (Å²) < 4.78 is 5.21. The molecule has 7 nitrogen and oxygen atoms in total. The van der Waals surface area contributed by atoms with Crippen molar-refractivity contribution < 1.29 is 9.21 Å². The quantitative estimate of drug-likeness (QED) is 0.797. The van der Waals surface area contributed by atoms with Crippen LogP contribution in [-0.4, -0.2) is 35.0 Å². The molecule has 26 heavy (non-hydrogen) atoms. The van der Waals surface area contributed by atoms with Gasteiger partial charge in [-0.1, -0.05) is 6.92 Å². The number of aromatic nitrogens is 2. The average Bonchev–Trinajstić information content (AvgIpc) is 3.12. The van der Waals surface area contributed by atoms with Crippen LogP contribution in [0, 0.1) is 0 Å². The Bertz CT molecular complexity index is 702. The van der Waals surface area contributed by atoms with E-state index in [0.717, 1.165) is 43.9 Å². The molecule has 2 aromatic rings. The molecule has 1 amide bonds. The van der Waals surface area contributed by atoms with E-state index in [1.165, 1.54) is 6.26 Å². The van der Waals surface area contributed by atoms with Gasteiger partial charge in [0.1, 0.15) is 24.2 Å². The molecule has 3 rings (SSSR count). The molecule has 0 unspecified atom stereocenters. The van der Waals surface area contributed by atoms with Crippen molar-refractivity contribution >= 4 is 36.5 Å². The number of piperidine rings is 1. The summed E-state index contributed by atoms with van der Waals surface area (Å²) in [6.07, 6.45) is 5.75. The smallest absolute Gasteiger partial charge is 0.254 e. The average molecular weight is 402 g/mol. The largest absolute Gasteiger partial charge is 0.467 e. The van der Waals surface area contributed by atoms with Crippen molar-refractivity contribution in [2.75, 3.05) is 18.0 Å². The highest BCUT2D eigenvalue weighted by Gasteiger charge is 2.22. The first-order chi connectivity index (χ1) is 11.7. The lowest BCUT2D eigenvalue weighted by molar-refractivity contribution is 0.0930. The maximum absolute atomic E-state index is 12.2.